The van der Waals surface area contributed by atoms with E-state index >= 15 is 0 Å². The van der Waals surface area contributed by atoms with E-state index in [1.165, 1.54) is 0 Å². The van der Waals surface area contributed by atoms with Crippen LogP contribution in [0.1, 0.15) is 48.7 Å². The predicted molar refractivity (Wildman–Crippen MR) is 68.4 cm³/mol. The fourth-order valence-electron chi connectivity index (χ4n) is 1.78. The molecule has 0 saturated heterocycles. The zero-order valence-corrected chi connectivity index (χ0v) is 11.2. The SMILES string of the molecule is CCc1nn(C)cc1C(=O)OCCCCCCO. The number of aliphatic hydroxyl groups excluding tert-OH is 1. The number of carbonyl (C=O) groups excluding carboxylic acids is 1. The first-order chi connectivity index (χ1) is 8.69. The van der Waals surface area contributed by atoms with Crippen LogP contribution in [-0.4, -0.2) is 34.1 Å². The molecule has 0 aliphatic heterocycles. The lowest BCUT2D eigenvalue weighted by Gasteiger charge is -2.04. The third-order valence-corrected chi connectivity index (χ3v) is 2.75. The van der Waals surface area contributed by atoms with Crippen molar-refractivity contribution in [2.24, 2.45) is 7.05 Å². The van der Waals surface area contributed by atoms with Crippen molar-refractivity contribution in [1.29, 1.82) is 0 Å². The van der Waals surface area contributed by atoms with Gasteiger partial charge in [-0.25, -0.2) is 4.79 Å². The van der Waals surface area contributed by atoms with Crippen molar-refractivity contribution in [1.82, 2.24) is 9.78 Å². The molecule has 0 fully saturated rings. The summed E-state index contributed by atoms with van der Waals surface area (Å²) >= 11 is 0. The second-order valence-corrected chi connectivity index (χ2v) is 4.29. The van der Waals surface area contributed by atoms with Crippen molar-refractivity contribution in [2.75, 3.05) is 13.2 Å². The van der Waals surface area contributed by atoms with Crippen LogP contribution in [0.5, 0.6) is 0 Å². The van der Waals surface area contributed by atoms with Gasteiger partial charge in [0, 0.05) is 19.9 Å². The van der Waals surface area contributed by atoms with Crippen LogP contribution in [0.15, 0.2) is 6.20 Å². The molecule has 5 nitrogen and oxygen atoms in total. The third-order valence-electron chi connectivity index (χ3n) is 2.75. The van der Waals surface area contributed by atoms with Gasteiger partial charge in [0.1, 0.15) is 5.56 Å². The molecule has 0 unspecified atom stereocenters. The van der Waals surface area contributed by atoms with Crippen LogP contribution in [0.4, 0.5) is 0 Å². The molecule has 1 N–H and O–H groups in total. The Balaban J connectivity index is 2.32. The van der Waals surface area contributed by atoms with Crippen molar-refractivity contribution in [3.63, 3.8) is 0 Å². The van der Waals surface area contributed by atoms with Gasteiger partial charge in [-0.05, 0) is 25.7 Å². The molecule has 18 heavy (non-hydrogen) atoms. The van der Waals surface area contributed by atoms with Crippen molar-refractivity contribution >= 4 is 5.97 Å². The minimum Gasteiger partial charge on any atom is -0.462 e. The maximum Gasteiger partial charge on any atom is 0.341 e. The zero-order valence-electron chi connectivity index (χ0n) is 11.2. The van der Waals surface area contributed by atoms with E-state index in [1.807, 2.05) is 6.92 Å². The summed E-state index contributed by atoms with van der Waals surface area (Å²) in [6, 6.07) is 0. The molecule has 0 aliphatic carbocycles. The van der Waals surface area contributed by atoms with Gasteiger partial charge in [0.25, 0.3) is 0 Å². The van der Waals surface area contributed by atoms with Crippen molar-refractivity contribution in [3.8, 4) is 0 Å². The number of carbonyl (C=O) groups is 1. The number of aromatic nitrogens is 2. The third kappa shape index (κ3) is 4.49. The molecule has 1 aromatic rings. The van der Waals surface area contributed by atoms with Crippen LogP contribution in [0.2, 0.25) is 0 Å². The number of ether oxygens (including phenoxy) is 1. The Morgan fingerprint density at radius 2 is 2.11 bits per heavy atom. The van der Waals surface area contributed by atoms with Gasteiger partial charge >= 0.3 is 5.97 Å². The van der Waals surface area contributed by atoms with Gasteiger partial charge in [-0.2, -0.15) is 5.10 Å². The molecule has 0 aromatic carbocycles. The van der Waals surface area contributed by atoms with E-state index in [9.17, 15) is 4.79 Å². The van der Waals surface area contributed by atoms with Crippen LogP contribution in [0.3, 0.4) is 0 Å². The minimum absolute atomic E-state index is 0.231. The maximum absolute atomic E-state index is 11.8. The normalized spacial score (nSPS) is 10.6. The molecule has 1 rings (SSSR count). The molecule has 102 valence electrons. The molecule has 0 bridgehead atoms. The van der Waals surface area contributed by atoms with Gasteiger partial charge in [-0.15, -0.1) is 0 Å². The lowest BCUT2D eigenvalue weighted by Crippen LogP contribution is -2.08. The number of hydrogen-bond donors (Lipinski definition) is 1. The summed E-state index contributed by atoms with van der Waals surface area (Å²) in [6.07, 6.45) is 6.03. The van der Waals surface area contributed by atoms with Gasteiger partial charge in [0.05, 0.1) is 12.3 Å². The Labute approximate surface area is 108 Å². The second-order valence-electron chi connectivity index (χ2n) is 4.29. The first-order valence-electron chi connectivity index (χ1n) is 6.49. The van der Waals surface area contributed by atoms with Crippen LogP contribution < -0.4 is 0 Å². The molecular formula is C13H22N2O3. The number of aliphatic hydroxyl groups is 1. The first kappa shape index (κ1) is 14.7. The highest BCUT2D eigenvalue weighted by Gasteiger charge is 2.15. The molecule has 0 saturated carbocycles. The van der Waals surface area contributed by atoms with E-state index in [-0.39, 0.29) is 12.6 Å². The molecule has 0 spiro atoms. The topological polar surface area (TPSA) is 64.4 Å². The van der Waals surface area contributed by atoms with Crippen molar-refractivity contribution < 1.29 is 14.6 Å². The van der Waals surface area contributed by atoms with E-state index < -0.39 is 0 Å². The Morgan fingerprint density at radius 1 is 1.39 bits per heavy atom. The highest BCUT2D eigenvalue weighted by molar-refractivity contribution is 5.90. The quantitative estimate of drug-likeness (QED) is 0.566. The van der Waals surface area contributed by atoms with E-state index in [1.54, 1.807) is 17.9 Å². The lowest BCUT2D eigenvalue weighted by atomic mass is 10.2. The molecule has 5 heteroatoms. The standard InChI is InChI=1S/C13H22N2O3/c1-3-12-11(10-15(2)14-12)13(17)18-9-7-5-4-6-8-16/h10,16H,3-9H2,1-2H3. The summed E-state index contributed by atoms with van der Waals surface area (Å²) in [5.41, 5.74) is 1.35. The number of hydrogen-bond acceptors (Lipinski definition) is 4. The highest BCUT2D eigenvalue weighted by Crippen LogP contribution is 2.09. The largest absolute Gasteiger partial charge is 0.462 e. The van der Waals surface area contributed by atoms with Gasteiger partial charge in [0.2, 0.25) is 0 Å². The summed E-state index contributed by atoms with van der Waals surface area (Å²) in [7, 11) is 1.80. The number of rotatable bonds is 8. The fraction of sp³-hybridized carbons (Fsp3) is 0.692. The average Bonchev–Trinajstić information content (AvgIpc) is 2.74. The summed E-state index contributed by atoms with van der Waals surface area (Å²) in [5.74, 6) is -0.290. The van der Waals surface area contributed by atoms with Crippen LogP contribution in [-0.2, 0) is 18.2 Å². The van der Waals surface area contributed by atoms with Crippen LogP contribution in [0.25, 0.3) is 0 Å². The molecule has 1 aromatic heterocycles. The molecule has 0 aliphatic rings. The monoisotopic (exact) mass is 254 g/mol. The minimum atomic E-state index is -0.290. The summed E-state index contributed by atoms with van der Waals surface area (Å²) in [4.78, 5) is 11.8. The van der Waals surface area contributed by atoms with Gasteiger partial charge in [-0.1, -0.05) is 13.3 Å². The highest BCUT2D eigenvalue weighted by atomic mass is 16.5. The van der Waals surface area contributed by atoms with E-state index in [0.29, 0.717) is 12.2 Å². The van der Waals surface area contributed by atoms with Gasteiger partial charge < -0.3 is 9.84 Å². The van der Waals surface area contributed by atoms with Crippen LogP contribution in [0, 0.1) is 0 Å². The number of nitrogens with zero attached hydrogens (tertiary/aromatic N) is 2. The maximum atomic E-state index is 11.8. The van der Waals surface area contributed by atoms with E-state index in [2.05, 4.69) is 5.10 Å². The zero-order chi connectivity index (χ0) is 13.4. The summed E-state index contributed by atoms with van der Waals surface area (Å²) in [5, 5.41) is 12.8. The Kier molecular flexibility index (Phi) is 6.43. The number of esters is 1. The van der Waals surface area contributed by atoms with Crippen molar-refractivity contribution in [3.05, 3.63) is 17.5 Å². The Bertz CT molecular complexity index is 374. The summed E-state index contributed by atoms with van der Waals surface area (Å²) in [6.45, 7) is 2.63. The van der Waals surface area contributed by atoms with Crippen molar-refractivity contribution in [2.45, 2.75) is 39.0 Å². The van der Waals surface area contributed by atoms with Crippen LogP contribution >= 0.6 is 0 Å². The molecular weight excluding hydrogens is 232 g/mol. The molecule has 0 radical (unpaired) electrons. The summed E-state index contributed by atoms with van der Waals surface area (Å²) < 4.78 is 6.84. The molecule has 0 amide bonds. The number of aryl methyl sites for hydroxylation is 2. The molecule has 0 atom stereocenters. The average molecular weight is 254 g/mol. The molecule has 1 heterocycles. The first-order valence-corrected chi connectivity index (χ1v) is 6.49. The van der Waals surface area contributed by atoms with Gasteiger partial charge in [0.15, 0.2) is 0 Å². The Morgan fingerprint density at radius 3 is 2.78 bits per heavy atom. The lowest BCUT2D eigenvalue weighted by molar-refractivity contribution is 0.0496. The number of unbranched alkanes of at least 4 members (excludes halogenated alkanes) is 3. The van der Waals surface area contributed by atoms with E-state index in [0.717, 1.165) is 37.8 Å². The second kappa shape index (κ2) is 7.87. The fourth-order valence-corrected chi connectivity index (χ4v) is 1.78. The van der Waals surface area contributed by atoms with E-state index in [4.69, 9.17) is 9.84 Å². The van der Waals surface area contributed by atoms with Gasteiger partial charge in [-0.3, -0.25) is 4.68 Å². The predicted octanol–water partition coefficient (Wildman–Crippen LogP) is 1.69. The Hall–Kier alpha value is -1.36. The smallest absolute Gasteiger partial charge is 0.341 e.